The standard InChI is InChI=1S/C16H17NO5S/c1-21-14-9-8-12(10-15(14)22-2)17-16(18)11-23(19,20)13-6-4-3-5-7-13/h3-10H,11H2,1-2H3,(H,17,18). The molecule has 0 bridgehead atoms. The van der Waals surface area contributed by atoms with Gasteiger partial charge in [0.1, 0.15) is 5.75 Å². The van der Waals surface area contributed by atoms with Crippen LogP contribution >= 0.6 is 0 Å². The Balaban J connectivity index is 2.11. The lowest BCUT2D eigenvalue weighted by atomic mass is 10.2. The summed E-state index contributed by atoms with van der Waals surface area (Å²) < 4.78 is 34.5. The SMILES string of the molecule is COc1ccc(NC(=O)CS(=O)(=O)c2ccccc2)cc1OC. The van der Waals surface area contributed by atoms with Crippen molar-refractivity contribution in [1.29, 1.82) is 0 Å². The van der Waals surface area contributed by atoms with E-state index < -0.39 is 21.5 Å². The first-order valence-electron chi connectivity index (χ1n) is 6.76. The van der Waals surface area contributed by atoms with Gasteiger partial charge in [0.2, 0.25) is 5.91 Å². The molecule has 0 aliphatic carbocycles. The molecule has 0 fully saturated rings. The molecule has 0 saturated heterocycles. The summed E-state index contributed by atoms with van der Waals surface area (Å²) in [6, 6.07) is 12.6. The first-order valence-corrected chi connectivity index (χ1v) is 8.41. The van der Waals surface area contributed by atoms with E-state index >= 15 is 0 Å². The molecule has 0 saturated carbocycles. The molecule has 0 radical (unpaired) electrons. The van der Waals surface area contributed by atoms with Gasteiger partial charge in [-0.2, -0.15) is 0 Å². The number of sulfone groups is 1. The molecule has 2 rings (SSSR count). The quantitative estimate of drug-likeness (QED) is 0.874. The van der Waals surface area contributed by atoms with E-state index in [0.717, 1.165) is 0 Å². The number of methoxy groups -OCH3 is 2. The Hall–Kier alpha value is -2.54. The number of hydrogen-bond acceptors (Lipinski definition) is 5. The first-order chi connectivity index (χ1) is 11.0. The molecule has 23 heavy (non-hydrogen) atoms. The fourth-order valence-electron chi connectivity index (χ4n) is 1.99. The molecule has 0 atom stereocenters. The lowest BCUT2D eigenvalue weighted by Gasteiger charge is -2.10. The molecule has 1 amide bonds. The predicted octanol–water partition coefficient (Wildman–Crippen LogP) is 2.12. The molecule has 2 aromatic carbocycles. The number of carbonyl (C=O) groups is 1. The van der Waals surface area contributed by atoms with Crippen molar-refractivity contribution < 1.29 is 22.7 Å². The van der Waals surface area contributed by atoms with Crippen molar-refractivity contribution in [3.05, 3.63) is 48.5 Å². The third-order valence-corrected chi connectivity index (χ3v) is 4.72. The zero-order valence-corrected chi connectivity index (χ0v) is 13.6. The highest BCUT2D eigenvalue weighted by Gasteiger charge is 2.19. The molecule has 1 N–H and O–H groups in total. The maximum absolute atomic E-state index is 12.2. The van der Waals surface area contributed by atoms with Gasteiger partial charge in [-0.1, -0.05) is 18.2 Å². The van der Waals surface area contributed by atoms with E-state index in [1.165, 1.54) is 26.4 Å². The van der Waals surface area contributed by atoms with Crippen molar-refractivity contribution in [2.24, 2.45) is 0 Å². The van der Waals surface area contributed by atoms with Crippen LogP contribution < -0.4 is 14.8 Å². The molecule has 0 aliphatic rings. The van der Waals surface area contributed by atoms with Crippen LogP contribution in [0.2, 0.25) is 0 Å². The van der Waals surface area contributed by atoms with Gasteiger partial charge in [-0.3, -0.25) is 4.79 Å². The van der Waals surface area contributed by atoms with Gasteiger partial charge in [0, 0.05) is 11.8 Å². The van der Waals surface area contributed by atoms with Gasteiger partial charge >= 0.3 is 0 Å². The van der Waals surface area contributed by atoms with E-state index in [2.05, 4.69) is 5.32 Å². The minimum Gasteiger partial charge on any atom is -0.493 e. The molecular weight excluding hydrogens is 318 g/mol. The first kappa shape index (κ1) is 16.8. The van der Waals surface area contributed by atoms with Crippen molar-refractivity contribution in [3.63, 3.8) is 0 Å². The predicted molar refractivity (Wildman–Crippen MR) is 86.7 cm³/mol. The number of rotatable bonds is 6. The topological polar surface area (TPSA) is 81.7 Å². The number of ether oxygens (including phenoxy) is 2. The van der Waals surface area contributed by atoms with Crippen LogP contribution in [-0.4, -0.2) is 34.3 Å². The van der Waals surface area contributed by atoms with Crippen LogP contribution in [0.1, 0.15) is 0 Å². The minimum absolute atomic E-state index is 0.113. The maximum Gasteiger partial charge on any atom is 0.239 e. The van der Waals surface area contributed by atoms with Gasteiger partial charge in [-0.15, -0.1) is 0 Å². The third kappa shape index (κ3) is 4.23. The molecule has 6 nitrogen and oxygen atoms in total. The van der Waals surface area contributed by atoms with Crippen LogP contribution in [0.15, 0.2) is 53.4 Å². The van der Waals surface area contributed by atoms with Crippen LogP contribution in [0.5, 0.6) is 11.5 Å². The van der Waals surface area contributed by atoms with E-state index in [1.54, 1.807) is 36.4 Å². The van der Waals surface area contributed by atoms with Gasteiger partial charge in [0.25, 0.3) is 0 Å². The maximum atomic E-state index is 12.2. The van der Waals surface area contributed by atoms with Crippen molar-refractivity contribution in [2.45, 2.75) is 4.90 Å². The molecular formula is C16H17NO5S. The van der Waals surface area contributed by atoms with E-state index in [0.29, 0.717) is 17.2 Å². The highest BCUT2D eigenvalue weighted by Crippen LogP contribution is 2.29. The summed E-state index contributed by atoms with van der Waals surface area (Å²) >= 11 is 0. The number of hydrogen-bond donors (Lipinski definition) is 1. The van der Waals surface area contributed by atoms with Crippen LogP contribution in [0.25, 0.3) is 0 Å². The van der Waals surface area contributed by atoms with Crippen LogP contribution in [0.4, 0.5) is 5.69 Å². The Labute approximate surface area is 135 Å². The minimum atomic E-state index is -3.68. The second-order valence-electron chi connectivity index (χ2n) is 4.69. The molecule has 0 aliphatic heterocycles. The van der Waals surface area contributed by atoms with Crippen molar-refractivity contribution >= 4 is 21.4 Å². The van der Waals surface area contributed by atoms with Crippen LogP contribution in [0, 0.1) is 0 Å². The summed E-state index contributed by atoms with van der Waals surface area (Å²) in [7, 11) is -0.698. The fraction of sp³-hybridized carbons (Fsp3) is 0.188. The molecule has 0 spiro atoms. The second kappa shape index (κ2) is 7.15. The summed E-state index contributed by atoms with van der Waals surface area (Å²) in [5.74, 6) is -0.301. The lowest BCUT2D eigenvalue weighted by Crippen LogP contribution is -2.23. The largest absolute Gasteiger partial charge is 0.493 e. The molecule has 0 heterocycles. The third-order valence-electron chi connectivity index (χ3n) is 3.09. The van der Waals surface area contributed by atoms with E-state index in [1.807, 2.05) is 0 Å². The number of carbonyl (C=O) groups excluding carboxylic acids is 1. The summed E-state index contributed by atoms with van der Waals surface area (Å²) in [5, 5.41) is 2.54. The highest BCUT2D eigenvalue weighted by atomic mass is 32.2. The Morgan fingerprint density at radius 3 is 2.26 bits per heavy atom. The monoisotopic (exact) mass is 335 g/mol. The molecule has 7 heteroatoms. The van der Waals surface area contributed by atoms with Gasteiger partial charge in [0.15, 0.2) is 21.3 Å². The van der Waals surface area contributed by atoms with Crippen molar-refractivity contribution in [1.82, 2.24) is 0 Å². The highest BCUT2D eigenvalue weighted by molar-refractivity contribution is 7.92. The summed E-state index contributed by atoms with van der Waals surface area (Å²) in [6.07, 6.45) is 0. The Kier molecular flexibility index (Phi) is 5.23. The number of anilines is 1. The summed E-state index contributed by atoms with van der Waals surface area (Å²) in [5.41, 5.74) is 0.427. The molecule has 2 aromatic rings. The second-order valence-corrected chi connectivity index (χ2v) is 6.68. The molecule has 0 aromatic heterocycles. The zero-order valence-electron chi connectivity index (χ0n) is 12.8. The summed E-state index contributed by atoms with van der Waals surface area (Å²) in [4.78, 5) is 12.1. The number of amides is 1. The van der Waals surface area contributed by atoms with E-state index in [-0.39, 0.29) is 4.90 Å². The van der Waals surface area contributed by atoms with Gasteiger partial charge in [-0.25, -0.2) is 8.42 Å². The fourth-order valence-corrected chi connectivity index (χ4v) is 3.15. The van der Waals surface area contributed by atoms with Gasteiger partial charge in [-0.05, 0) is 24.3 Å². The molecule has 122 valence electrons. The van der Waals surface area contributed by atoms with Gasteiger partial charge in [0.05, 0.1) is 19.1 Å². The average molecular weight is 335 g/mol. The number of benzene rings is 2. The Morgan fingerprint density at radius 2 is 1.65 bits per heavy atom. The van der Waals surface area contributed by atoms with E-state index in [9.17, 15) is 13.2 Å². The van der Waals surface area contributed by atoms with Crippen LogP contribution in [-0.2, 0) is 14.6 Å². The molecule has 0 unspecified atom stereocenters. The zero-order chi connectivity index (χ0) is 16.9. The Morgan fingerprint density at radius 1 is 1.00 bits per heavy atom. The lowest BCUT2D eigenvalue weighted by molar-refractivity contribution is -0.113. The van der Waals surface area contributed by atoms with Crippen molar-refractivity contribution in [2.75, 3.05) is 25.3 Å². The van der Waals surface area contributed by atoms with E-state index in [4.69, 9.17) is 9.47 Å². The number of nitrogens with one attached hydrogen (secondary N) is 1. The average Bonchev–Trinajstić information content (AvgIpc) is 2.55. The smallest absolute Gasteiger partial charge is 0.239 e. The summed E-state index contributed by atoms with van der Waals surface area (Å²) in [6.45, 7) is 0. The Bertz CT molecular complexity index is 787. The normalized spacial score (nSPS) is 10.9. The van der Waals surface area contributed by atoms with Gasteiger partial charge < -0.3 is 14.8 Å². The van der Waals surface area contributed by atoms with Crippen LogP contribution in [0.3, 0.4) is 0 Å². The van der Waals surface area contributed by atoms with Crippen molar-refractivity contribution in [3.8, 4) is 11.5 Å².